The number of rotatable bonds is 6. The average Bonchev–Trinajstić information content (AvgIpc) is 2.76. The second-order valence-corrected chi connectivity index (χ2v) is 7.51. The van der Waals surface area contributed by atoms with Gasteiger partial charge >= 0.3 is 6.18 Å². The molecule has 1 heterocycles. The van der Waals surface area contributed by atoms with Crippen LogP contribution in [0.1, 0.15) is 19.4 Å². The summed E-state index contributed by atoms with van der Waals surface area (Å²) in [6, 6.07) is 14.6. The maximum absolute atomic E-state index is 13.2. The lowest BCUT2D eigenvalue weighted by molar-refractivity contribution is -0.137. The molecule has 0 bridgehead atoms. The smallest absolute Gasteiger partial charge is 0.324 e. The summed E-state index contributed by atoms with van der Waals surface area (Å²) in [5, 5.41) is 8.88. The highest BCUT2D eigenvalue weighted by Crippen LogP contribution is 2.34. The van der Waals surface area contributed by atoms with E-state index in [0.29, 0.717) is 11.3 Å². The van der Waals surface area contributed by atoms with E-state index in [1.54, 1.807) is 44.2 Å². The lowest BCUT2D eigenvalue weighted by Crippen LogP contribution is -2.33. The number of hydrogen-bond donors (Lipinski definition) is 2. The molecule has 7 nitrogen and oxygen atoms in total. The third-order valence-corrected chi connectivity index (χ3v) is 4.63. The molecular weight excluding hydrogens is 437 g/mol. The summed E-state index contributed by atoms with van der Waals surface area (Å²) in [5.41, 5.74) is -1.38. The van der Waals surface area contributed by atoms with Crippen LogP contribution in [-0.4, -0.2) is 21.6 Å². The minimum absolute atomic E-state index is 0.0916. The molecule has 2 amide bonds. The van der Waals surface area contributed by atoms with Gasteiger partial charge in [-0.1, -0.05) is 56.3 Å². The molecule has 0 saturated heterocycles. The van der Waals surface area contributed by atoms with Crippen LogP contribution in [0.4, 0.5) is 24.5 Å². The molecular formula is C23H21F3N4O3. The van der Waals surface area contributed by atoms with Crippen LogP contribution in [0.3, 0.4) is 0 Å². The molecule has 172 valence electrons. The molecule has 3 rings (SSSR count). The van der Waals surface area contributed by atoms with Crippen molar-refractivity contribution in [2.75, 3.05) is 10.6 Å². The first kappa shape index (κ1) is 23.7. The number of carbonyl (C=O) groups excluding carboxylic acids is 2. The van der Waals surface area contributed by atoms with Crippen molar-refractivity contribution < 1.29 is 22.8 Å². The Morgan fingerprint density at radius 3 is 2.24 bits per heavy atom. The SMILES string of the molecule is CC(C)C(=O)Nc1cc(-c2ccccc2)nn(CC(=O)Nc2ccccc2C(F)(F)F)c1=O. The first-order valence-corrected chi connectivity index (χ1v) is 10.0. The molecule has 0 unspecified atom stereocenters. The van der Waals surface area contributed by atoms with E-state index in [4.69, 9.17) is 0 Å². The second kappa shape index (κ2) is 9.68. The highest BCUT2D eigenvalue weighted by molar-refractivity contribution is 5.93. The summed E-state index contributed by atoms with van der Waals surface area (Å²) < 4.78 is 40.4. The van der Waals surface area contributed by atoms with Crippen molar-refractivity contribution in [1.82, 2.24) is 9.78 Å². The second-order valence-electron chi connectivity index (χ2n) is 7.51. The number of nitrogens with one attached hydrogen (secondary N) is 2. The third-order valence-electron chi connectivity index (χ3n) is 4.63. The minimum Gasteiger partial charge on any atom is -0.324 e. The maximum Gasteiger partial charge on any atom is 0.418 e. The Hall–Kier alpha value is -3.95. The summed E-state index contributed by atoms with van der Waals surface area (Å²) in [6.07, 6.45) is -4.67. The lowest BCUT2D eigenvalue weighted by Gasteiger charge is -2.15. The molecule has 3 aromatic rings. The fourth-order valence-electron chi connectivity index (χ4n) is 2.93. The molecule has 0 fully saturated rings. The van der Waals surface area contributed by atoms with Gasteiger partial charge < -0.3 is 10.6 Å². The van der Waals surface area contributed by atoms with Gasteiger partial charge in [0.15, 0.2) is 0 Å². The van der Waals surface area contributed by atoms with Crippen molar-refractivity contribution in [3.63, 3.8) is 0 Å². The van der Waals surface area contributed by atoms with Crippen LogP contribution in [0.5, 0.6) is 0 Å². The Labute approximate surface area is 187 Å². The summed E-state index contributed by atoms with van der Waals surface area (Å²) in [5.74, 6) is -1.70. The molecule has 10 heteroatoms. The Bertz CT molecular complexity index is 1220. The fourth-order valence-corrected chi connectivity index (χ4v) is 2.93. The highest BCUT2D eigenvalue weighted by atomic mass is 19.4. The van der Waals surface area contributed by atoms with Crippen LogP contribution in [0.25, 0.3) is 11.3 Å². The molecule has 0 aliphatic rings. The monoisotopic (exact) mass is 458 g/mol. The highest BCUT2D eigenvalue weighted by Gasteiger charge is 2.33. The Balaban J connectivity index is 1.96. The number of aromatic nitrogens is 2. The molecule has 0 saturated carbocycles. The standard InChI is InChI=1S/C23H21F3N4O3/c1-14(2)21(32)28-19-12-18(15-8-4-3-5-9-15)29-30(22(19)33)13-20(31)27-17-11-7-6-10-16(17)23(24,25)26/h3-12,14H,13H2,1-2H3,(H,27,31)(H,28,32). The number of amides is 2. The largest absolute Gasteiger partial charge is 0.418 e. The average molecular weight is 458 g/mol. The molecule has 0 spiro atoms. The maximum atomic E-state index is 13.2. The number of benzene rings is 2. The molecule has 0 atom stereocenters. The number of alkyl halides is 3. The van der Waals surface area contributed by atoms with Crippen molar-refractivity contribution in [3.8, 4) is 11.3 Å². The first-order chi connectivity index (χ1) is 15.6. The van der Waals surface area contributed by atoms with E-state index in [9.17, 15) is 27.6 Å². The van der Waals surface area contributed by atoms with E-state index in [1.807, 2.05) is 0 Å². The normalized spacial score (nSPS) is 11.3. The summed E-state index contributed by atoms with van der Waals surface area (Å²) in [4.78, 5) is 37.5. The summed E-state index contributed by atoms with van der Waals surface area (Å²) in [7, 11) is 0. The number of anilines is 2. The number of halogens is 3. The van der Waals surface area contributed by atoms with Gasteiger partial charge in [0, 0.05) is 11.5 Å². The van der Waals surface area contributed by atoms with E-state index < -0.39 is 47.3 Å². The predicted octanol–water partition coefficient (Wildman–Crippen LogP) is 4.16. The lowest BCUT2D eigenvalue weighted by atomic mass is 10.1. The predicted molar refractivity (Wildman–Crippen MR) is 117 cm³/mol. The summed E-state index contributed by atoms with van der Waals surface area (Å²) >= 11 is 0. The van der Waals surface area contributed by atoms with Crippen LogP contribution in [-0.2, 0) is 22.3 Å². The molecule has 0 radical (unpaired) electrons. The molecule has 2 N–H and O–H groups in total. The van der Waals surface area contributed by atoms with Crippen molar-refractivity contribution in [1.29, 1.82) is 0 Å². The fraction of sp³-hybridized carbons (Fsp3) is 0.217. The molecule has 1 aromatic heterocycles. The van der Waals surface area contributed by atoms with Crippen LogP contribution in [0.15, 0.2) is 65.5 Å². The molecule has 33 heavy (non-hydrogen) atoms. The number of nitrogens with zero attached hydrogens (tertiary/aromatic N) is 2. The zero-order valence-electron chi connectivity index (χ0n) is 17.8. The van der Waals surface area contributed by atoms with Gasteiger partial charge in [-0.15, -0.1) is 0 Å². The Morgan fingerprint density at radius 2 is 1.61 bits per heavy atom. The topological polar surface area (TPSA) is 93.1 Å². The van der Waals surface area contributed by atoms with Crippen LogP contribution >= 0.6 is 0 Å². The van der Waals surface area contributed by atoms with Gasteiger partial charge in [-0.3, -0.25) is 14.4 Å². The van der Waals surface area contributed by atoms with Crippen molar-refractivity contribution in [3.05, 3.63) is 76.6 Å². The number of hydrogen-bond acceptors (Lipinski definition) is 4. The zero-order valence-corrected chi connectivity index (χ0v) is 17.8. The summed E-state index contributed by atoms with van der Waals surface area (Å²) in [6.45, 7) is 2.65. The van der Waals surface area contributed by atoms with E-state index in [2.05, 4.69) is 15.7 Å². The van der Waals surface area contributed by atoms with Gasteiger partial charge in [-0.05, 0) is 18.2 Å². The number of carbonyl (C=O) groups is 2. The van der Waals surface area contributed by atoms with Crippen LogP contribution < -0.4 is 16.2 Å². The van der Waals surface area contributed by atoms with Gasteiger partial charge in [0.2, 0.25) is 11.8 Å². The van der Waals surface area contributed by atoms with Gasteiger partial charge in [0.05, 0.1) is 16.9 Å². The Kier molecular flexibility index (Phi) is 6.95. The van der Waals surface area contributed by atoms with Gasteiger partial charge in [-0.25, -0.2) is 4.68 Å². The minimum atomic E-state index is -4.67. The van der Waals surface area contributed by atoms with E-state index in [0.717, 1.165) is 16.8 Å². The molecule has 0 aliphatic carbocycles. The van der Waals surface area contributed by atoms with E-state index >= 15 is 0 Å². The zero-order chi connectivity index (χ0) is 24.2. The quantitative estimate of drug-likeness (QED) is 0.580. The van der Waals surface area contributed by atoms with E-state index in [-0.39, 0.29) is 5.69 Å². The Morgan fingerprint density at radius 1 is 0.970 bits per heavy atom. The van der Waals surface area contributed by atoms with Gasteiger partial charge in [-0.2, -0.15) is 18.3 Å². The van der Waals surface area contributed by atoms with Gasteiger partial charge in [0.25, 0.3) is 5.56 Å². The van der Waals surface area contributed by atoms with Crippen molar-refractivity contribution >= 4 is 23.2 Å². The number of para-hydroxylation sites is 1. The molecule has 0 aliphatic heterocycles. The van der Waals surface area contributed by atoms with E-state index in [1.165, 1.54) is 18.2 Å². The molecule has 2 aromatic carbocycles. The van der Waals surface area contributed by atoms with Gasteiger partial charge in [0.1, 0.15) is 12.2 Å². The van der Waals surface area contributed by atoms with Crippen molar-refractivity contribution in [2.24, 2.45) is 5.92 Å². The van der Waals surface area contributed by atoms with Crippen LogP contribution in [0, 0.1) is 5.92 Å². The third kappa shape index (κ3) is 5.85. The van der Waals surface area contributed by atoms with Crippen molar-refractivity contribution in [2.45, 2.75) is 26.6 Å². The van der Waals surface area contributed by atoms with Crippen LogP contribution in [0.2, 0.25) is 0 Å². The first-order valence-electron chi connectivity index (χ1n) is 10.0.